The van der Waals surface area contributed by atoms with Crippen molar-refractivity contribution in [2.75, 3.05) is 12.8 Å². The van der Waals surface area contributed by atoms with Gasteiger partial charge in [-0.3, -0.25) is 4.21 Å². The highest BCUT2D eigenvalue weighted by atomic mass is 32.2. The molecule has 0 saturated heterocycles. The van der Waals surface area contributed by atoms with Gasteiger partial charge in [-0.25, -0.2) is 4.79 Å². The van der Waals surface area contributed by atoms with E-state index >= 15 is 0 Å². The van der Waals surface area contributed by atoms with Gasteiger partial charge in [0.2, 0.25) is 0 Å². The number of carbonyl (C=O) groups is 1. The van der Waals surface area contributed by atoms with Crippen LogP contribution in [0.4, 0.5) is 4.79 Å². The zero-order chi connectivity index (χ0) is 11.3. The van der Waals surface area contributed by atoms with Crippen molar-refractivity contribution in [3.8, 4) is 0 Å². The Morgan fingerprint density at radius 3 is 2.60 bits per heavy atom. The standard InChI is InChI=1S/C10H20N2O2S/c1-8(15(2)14)7-11-10(13)12-9-5-3-4-6-9/h8-9H,3-7H2,1-2H3,(H2,11,12,13). The fourth-order valence-corrected chi connectivity index (χ4v) is 1.98. The maximum Gasteiger partial charge on any atom is 0.315 e. The Hall–Kier alpha value is -0.580. The van der Waals surface area contributed by atoms with E-state index < -0.39 is 10.8 Å². The molecule has 0 spiro atoms. The molecular weight excluding hydrogens is 212 g/mol. The van der Waals surface area contributed by atoms with Crippen molar-refractivity contribution >= 4 is 16.8 Å². The molecular formula is C10H20N2O2S. The molecule has 1 fully saturated rings. The first-order valence-corrected chi connectivity index (χ1v) is 7.08. The van der Waals surface area contributed by atoms with Gasteiger partial charge in [-0.1, -0.05) is 12.8 Å². The first kappa shape index (κ1) is 12.5. The summed E-state index contributed by atoms with van der Waals surface area (Å²) in [6.45, 7) is 2.34. The summed E-state index contributed by atoms with van der Waals surface area (Å²) in [6.07, 6.45) is 6.24. The van der Waals surface area contributed by atoms with Crippen LogP contribution in [0.5, 0.6) is 0 Å². The fraction of sp³-hybridized carbons (Fsp3) is 0.900. The molecule has 2 N–H and O–H groups in total. The molecule has 0 bridgehead atoms. The molecule has 15 heavy (non-hydrogen) atoms. The molecule has 2 unspecified atom stereocenters. The van der Waals surface area contributed by atoms with Gasteiger partial charge in [-0.05, 0) is 19.8 Å². The summed E-state index contributed by atoms with van der Waals surface area (Å²) >= 11 is 0. The Kier molecular flexibility index (Phi) is 5.08. The van der Waals surface area contributed by atoms with Gasteiger partial charge < -0.3 is 10.6 Å². The number of rotatable bonds is 4. The van der Waals surface area contributed by atoms with Crippen LogP contribution in [-0.4, -0.2) is 34.3 Å². The summed E-state index contributed by atoms with van der Waals surface area (Å²) in [5.41, 5.74) is 0. The van der Waals surface area contributed by atoms with Crippen LogP contribution in [0, 0.1) is 0 Å². The van der Waals surface area contributed by atoms with Crippen molar-refractivity contribution in [2.24, 2.45) is 0 Å². The Morgan fingerprint density at radius 1 is 1.47 bits per heavy atom. The van der Waals surface area contributed by atoms with Crippen LogP contribution in [0.3, 0.4) is 0 Å². The van der Waals surface area contributed by atoms with E-state index in [4.69, 9.17) is 0 Å². The second-order valence-corrected chi connectivity index (χ2v) is 5.95. The molecule has 88 valence electrons. The fourth-order valence-electron chi connectivity index (χ4n) is 1.66. The molecule has 1 aliphatic carbocycles. The Bertz CT molecular complexity index is 240. The number of amides is 2. The summed E-state index contributed by atoms with van der Waals surface area (Å²) < 4.78 is 11.0. The van der Waals surface area contributed by atoms with Gasteiger partial charge in [-0.15, -0.1) is 0 Å². The first-order valence-electron chi connectivity index (χ1n) is 5.46. The summed E-state index contributed by atoms with van der Waals surface area (Å²) in [7, 11) is -0.873. The van der Waals surface area contributed by atoms with Gasteiger partial charge in [0.1, 0.15) is 0 Å². The van der Waals surface area contributed by atoms with Gasteiger partial charge in [0.25, 0.3) is 0 Å². The topological polar surface area (TPSA) is 58.2 Å². The third kappa shape index (κ3) is 4.64. The third-order valence-corrected chi connectivity index (χ3v) is 4.11. The van der Waals surface area contributed by atoms with E-state index in [9.17, 15) is 9.00 Å². The minimum Gasteiger partial charge on any atom is -0.337 e. The van der Waals surface area contributed by atoms with Gasteiger partial charge in [0.05, 0.1) is 0 Å². The van der Waals surface area contributed by atoms with E-state index in [1.54, 1.807) is 6.26 Å². The highest BCUT2D eigenvalue weighted by Crippen LogP contribution is 2.17. The minimum absolute atomic E-state index is 0.0133. The number of carbonyl (C=O) groups excluding carboxylic acids is 1. The smallest absolute Gasteiger partial charge is 0.315 e. The Balaban J connectivity index is 2.15. The lowest BCUT2D eigenvalue weighted by Gasteiger charge is -2.14. The molecule has 0 aromatic carbocycles. The van der Waals surface area contributed by atoms with Crippen molar-refractivity contribution in [1.82, 2.24) is 10.6 Å². The maximum atomic E-state index is 11.4. The maximum absolute atomic E-state index is 11.4. The molecule has 0 heterocycles. The lowest BCUT2D eigenvalue weighted by molar-refractivity contribution is 0.237. The van der Waals surface area contributed by atoms with Crippen molar-refractivity contribution in [3.63, 3.8) is 0 Å². The van der Waals surface area contributed by atoms with E-state index in [0.29, 0.717) is 12.6 Å². The average molecular weight is 232 g/mol. The van der Waals surface area contributed by atoms with Crippen LogP contribution in [0.25, 0.3) is 0 Å². The summed E-state index contributed by atoms with van der Waals surface area (Å²) in [5, 5.41) is 5.68. The molecule has 1 aliphatic rings. The zero-order valence-electron chi connectivity index (χ0n) is 9.41. The molecule has 2 atom stereocenters. The average Bonchev–Trinajstić information content (AvgIpc) is 2.66. The predicted molar refractivity (Wildman–Crippen MR) is 62.3 cm³/mol. The normalized spacial score (nSPS) is 20.9. The van der Waals surface area contributed by atoms with Gasteiger partial charge in [0, 0.05) is 34.9 Å². The van der Waals surface area contributed by atoms with Gasteiger partial charge in [-0.2, -0.15) is 0 Å². The molecule has 2 amide bonds. The van der Waals surface area contributed by atoms with E-state index in [1.807, 2.05) is 6.92 Å². The van der Waals surface area contributed by atoms with E-state index in [2.05, 4.69) is 10.6 Å². The van der Waals surface area contributed by atoms with Crippen LogP contribution >= 0.6 is 0 Å². The molecule has 4 nitrogen and oxygen atoms in total. The van der Waals surface area contributed by atoms with Crippen molar-refractivity contribution in [1.29, 1.82) is 0 Å². The van der Waals surface area contributed by atoms with Gasteiger partial charge >= 0.3 is 6.03 Å². The number of hydrogen-bond acceptors (Lipinski definition) is 2. The summed E-state index contributed by atoms with van der Waals surface area (Å²) in [4.78, 5) is 11.4. The molecule has 0 aromatic heterocycles. The van der Waals surface area contributed by atoms with Gasteiger partial charge in [0.15, 0.2) is 0 Å². The van der Waals surface area contributed by atoms with E-state index in [1.165, 1.54) is 12.8 Å². The monoisotopic (exact) mass is 232 g/mol. The zero-order valence-corrected chi connectivity index (χ0v) is 10.2. The second kappa shape index (κ2) is 6.10. The first-order chi connectivity index (χ1) is 7.09. The third-order valence-electron chi connectivity index (χ3n) is 2.81. The van der Waals surface area contributed by atoms with Crippen LogP contribution in [0.15, 0.2) is 0 Å². The molecule has 5 heteroatoms. The van der Waals surface area contributed by atoms with E-state index in [-0.39, 0.29) is 11.3 Å². The number of urea groups is 1. The second-order valence-electron chi connectivity index (χ2n) is 4.14. The van der Waals surface area contributed by atoms with Crippen LogP contribution in [0.2, 0.25) is 0 Å². The van der Waals surface area contributed by atoms with Crippen LogP contribution < -0.4 is 10.6 Å². The minimum atomic E-state index is -0.873. The van der Waals surface area contributed by atoms with Crippen LogP contribution in [0.1, 0.15) is 32.6 Å². The Morgan fingerprint density at radius 2 is 2.07 bits per heavy atom. The molecule has 1 saturated carbocycles. The van der Waals surface area contributed by atoms with Crippen molar-refractivity contribution < 1.29 is 9.00 Å². The molecule has 0 radical (unpaired) electrons. The quantitative estimate of drug-likeness (QED) is 0.759. The molecule has 0 aromatic rings. The predicted octanol–water partition coefficient (Wildman–Crippen LogP) is 0.995. The number of hydrogen-bond donors (Lipinski definition) is 2. The lowest BCUT2D eigenvalue weighted by Crippen LogP contribution is -2.43. The highest BCUT2D eigenvalue weighted by molar-refractivity contribution is 7.84. The largest absolute Gasteiger partial charge is 0.337 e. The Labute approximate surface area is 93.7 Å². The van der Waals surface area contributed by atoms with E-state index in [0.717, 1.165) is 12.8 Å². The van der Waals surface area contributed by atoms with Crippen molar-refractivity contribution in [3.05, 3.63) is 0 Å². The molecule has 1 rings (SSSR count). The van der Waals surface area contributed by atoms with Crippen LogP contribution in [-0.2, 0) is 10.8 Å². The molecule has 0 aliphatic heterocycles. The number of nitrogens with one attached hydrogen (secondary N) is 2. The summed E-state index contributed by atoms with van der Waals surface area (Å²) in [5.74, 6) is 0. The lowest BCUT2D eigenvalue weighted by atomic mass is 10.2. The summed E-state index contributed by atoms with van der Waals surface area (Å²) in [6, 6.07) is 0.214. The highest BCUT2D eigenvalue weighted by Gasteiger charge is 2.17. The van der Waals surface area contributed by atoms with Crippen molar-refractivity contribution in [2.45, 2.75) is 43.9 Å². The SMILES string of the molecule is CC(CNC(=O)NC1CCCC1)S(C)=O.